The Hall–Kier alpha value is -2.30. The minimum atomic E-state index is -4.26. The van der Waals surface area contributed by atoms with Crippen LogP contribution in [0.2, 0.25) is 5.02 Å². The molecule has 1 aromatic rings. The monoisotopic (exact) mass is 553 g/mol. The number of anilines is 1. The van der Waals surface area contributed by atoms with Crippen molar-refractivity contribution in [2.75, 3.05) is 18.5 Å². The van der Waals surface area contributed by atoms with Crippen LogP contribution in [0.3, 0.4) is 0 Å². The lowest BCUT2D eigenvalue weighted by Crippen LogP contribution is -2.47. The molecular formula is C19H28ClN5O8S2. The van der Waals surface area contributed by atoms with Gasteiger partial charge in [0.05, 0.1) is 35.9 Å². The molecule has 2 rings (SSSR count). The number of ketones is 1. The number of sulfonamides is 2. The van der Waals surface area contributed by atoms with Gasteiger partial charge in [0, 0.05) is 6.54 Å². The van der Waals surface area contributed by atoms with E-state index in [9.17, 15) is 31.2 Å². The molecule has 7 N–H and O–H groups in total. The zero-order valence-corrected chi connectivity index (χ0v) is 21.4. The number of hydrogen-bond acceptors (Lipinski definition) is 10. The minimum Gasteiger partial charge on any atom is -0.465 e. The van der Waals surface area contributed by atoms with Gasteiger partial charge in [-0.1, -0.05) is 11.6 Å². The summed E-state index contributed by atoms with van der Waals surface area (Å²) in [4.78, 5) is 35.6. The van der Waals surface area contributed by atoms with Gasteiger partial charge < -0.3 is 21.1 Å². The van der Waals surface area contributed by atoms with Crippen molar-refractivity contribution in [1.29, 1.82) is 0 Å². The van der Waals surface area contributed by atoms with E-state index in [1.54, 1.807) is 6.92 Å². The van der Waals surface area contributed by atoms with E-state index in [2.05, 4.69) is 15.4 Å². The average molecular weight is 554 g/mol. The molecule has 0 fully saturated rings. The van der Waals surface area contributed by atoms with Crippen molar-refractivity contribution < 1.29 is 36.0 Å². The highest BCUT2D eigenvalue weighted by molar-refractivity contribution is 7.90. The number of carbonyl (C=O) groups excluding carboxylic acids is 3. The Morgan fingerprint density at radius 1 is 1.29 bits per heavy atom. The number of hydrogen-bond donors (Lipinski definition) is 5. The fraction of sp³-hybridized carbons (Fsp3) is 0.526. The van der Waals surface area contributed by atoms with E-state index in [4.69, 9.17) is 27.2 Å². The molecule has 3 atom stereocenters. The Kier molecular flexibility index (Phi) is 9.61. The Labute approximate surface area is 208 Å². The second-order valence-electron chi connectivity index (χ2n) is 7.83. The van der Waals surface area contributed by atoms with E-state index >= 15 is 0 Å². The Bertz CT molecular complexity index is 1200. The standard InChI is InChI=1S/C19H28ClN5O8S2/c1-3-33-19(28)11(18(27)10(2)21)5-4-6-23-17(26)9-16-24-13-7-12(20)14(34(22,29)30)8-15(13)35(31,32)25-16/h7-8,10-11,16,24-25H,3-6,9,21H2,1-2H3,(H,23,26)(H2,22,29,30)/t10?,11-,16-/m0/s1. The maximum Gasteiger partial charge on any atom is 0.316 e. The van der Waals surface area contributed by atoms with Crippen molar-refractivity contribution in [3.63, 3.8) is 0 Å². The van der Waals surface area contributed by atoms with E-state index in [0.717, 1.165) is 12.1 Å². The summed E-state index contributed by atoms with van der Waals surface area (Å²) in [6, 6.07) is 1.09. The van der Waals surface area contributed by atoms with Crippen LogP contribution in [0, 0.1) is 5.92 Å². The van der Waals surface area contributed by atoms with Gasteiger partial charge in [0.15, 0.2) is 5.78 Å². The third kappa shape index (κ3) is 7.59. The second-order valence-corrected chi connectivity index (χ2v) is 11.5. The number of carbonyl (C=O) groups is 3. The van der Waals surface area contributed by atoms with Gasteiger partial charge in [-0.3, -0.25) is 14.4 Å². The van der Waals surface area contributed by atoms with Crippen molar-refractivity contribution in [2.24, 2.45) is 16.8 Å². The lowest BCUT2D eigenvalue weighted by atomic mass is 9.94. The molecular weight excluding hydrogens is 526 g/mol. The summed E-state index contributed by atoms with van der Waals surface area (Å²) in [5, 5.41) is 10.1. The van der Waals surface area contributed by atoms with Gasteiger partial charge in [-0.05, 0) is 38.8 Å². The van der Waals surface area contributed by atoms with Gasteiger partial charge in [0.2, 0.25) is 26.0 Å². The van der Waals surface area contributed by atoms with Crippen LogP contribution >= 0.6 is 11.6 Å². The SMILES string of the molecule is CCOC(=O)[C@@H](CCCNC(=O)C[C@H]1Nc2cc(Cl)c(S(N)(=O)=O)cc2S(=O)(=O)N1)C(=O)C(C)N. The van der Waals surface area contributed by atoms with Crippen LogP contribution in [0.15, 0.2) is 21.9 Å². The molecule has 1 aliphatic heterocycles. The number of esters is 1. The fourth-order valence-corrected chi connectivity index (χ4v) is 5.87. The van der Waals surface area contributed by atoms with Gasteiger partial charge in [-0.2, -0.15) is 4.72 Å². The molecule has 13 nitrogen and oxygen atoms in total. The average Bonchev–Trinajstić information content (AvgIpc) is 2.71. The first-order chi connectivity index (χ1) is 16.2. The Morgan fingerprint density at radius 3 is 2.51 bits per heavy atom. The Balaban J connectivity index is 1.98. The summed E-state index contributed by atoms with van der Waals surface area (Å²) < 4.78 is 55.6. The normalized spacial score (nSPS) is 18.5. The number of fused-ring (bicyclic) bond motifs is 1. The second kappa shape index (κ2) is 11.6. The number of rotatable bonds is 11. The molecule has 0 radical (unpaired) electrons. The van der Waals surface area contributed by atoms with Crippen molar-refractivity contribution in [1.82, 2.24) is 10.0 Å². The van der Waals surface area contributed by atoms with Crippen molar-refractivity contribution in [3.8, 4) is 0 Å². The van der Waals surface area contributed by atoms with Crippen molar-refractivity contribution in [3.05, 3.63) is 17.2 Å². The predicted octanol–water partition coefficient (Wildman–Crippen LogP) is -0.601. The first-order valence-electron chi connectivity index (χ1n) is 10.5. The number of ether oxygens (including phenoxy) is 1. The lowest BCUT2D eigenvalue weighted by Gasteiger charge is -2.28. The molecule has 1 aliphatic rings. The zero-order chi connectivity index (χ0) is 26.6. The molecule has 0 saturated carbocycles. The molecule has 1 heterocycles. The number of benzene rings is 1. The summed E-state index contributed by atoms with van der Waals surface area (Å²) in [6.45, 7) is 3.31. The molecule has 0 aliphatic carbocycles. The highest BCUT2D eigenvalue weighted by Crippen LogP contribution is 2.33. The van der Waals surface area contributed by atoms with Crippen LogP contribution in [0.5, 0.6) is 0 Å². The topological polar surface area (TPSA) is 217 Å². The molecule has 0 saturated heterocycles. The maximum atomic E-state index is 12.6. The number of amides is 1. The molecule has 1 unspecified atom stereocenters. The zero-order valence-electron chi connectivity index (χ0n) is 19.0. The number of primary sulfonamides is 1. The van der Waals surface area contributed by atoms with E-state index in [0.29, 0.717) is 0 Å². The smallest absolute Gasteiger partial charge is 0.316 e. The van der Waals surface area contributed by atoms with Crippen LogP contribution in [0.25, 0.3) is 0 Å². The molecule has 0 spiro atoms. The first kappa shape index (κ1) is 28.9. The van der Waals surface area contributed by atoms with Gasteiger partial charge in [-0.25, -0.2) is 22.0 Å². The molecule has 1 aromatic carbocycles. The molecule has 0 bridgehead atoms. The number of Topliss-reactive ketones (excluding diaryl/α,β-unsaturated/α-hetero) is 1. The first-order valence-corrected chi connectivity index (χ1v) is 14.0. The van der Waals surface area contributed by atoms with E-state index in [1.807, 2.05) is 0 Å². The van der Waals surface area contributed by atoms with Crippen LogP contribution in [-0.2, 0) is 39.2 Å². The van der Waals surface area contributed by atoms with Crippen molar-refractivity contribution in [2.45, 2.75) is 55.1 Å². The van der Waals surface area contributed by atoms with Crippen LogP contribution in [0.1, 0.15) is 33.1 Å². The van der Waals surface area contributed by atoms with Gasteiger partial charge in [0.25, 0.3) is 0 Å². The lowest BCUT2D eigenvalue weighted by molar-refractivity contribution is -0.152. The molecule has 35 heavy (non-hydrogen) atoms. The van der Waals surface area contributed by atoms with E-state index < -0.39 is 60.7 Å². The molecule has 196 valence electrons. The summed E-state index contributed by atoms with van der Waals surface area (Å²) in [6.07, 6.45) is -0.970. The Morgan fingerprint density at radius 2 is 1.94 bits per heavy atom. The largest absolute Gasteiger partial charge is 0.465 e. The predicted molar refractivity (Wildman–Crippen MR) is 126 cm³/mol. The quantitative estimate of drug-likeness (QED) is 0.133. The van der Waals surface area contributed by atoms with Crippen LogP contribution < -0.4 is 26.2 Å². The highest BCUT2D eigenvalue weighted by atomic mass is 35.5. The third-order valence-electron chi connectivity index (χ3n) is 5.00. The van der Waals surface area contributed by atoms with Gasteiger partial charge in [0.1, 0.15) is 15.7 Å². The third-order valence-corrected chi connectivity index (χ3v) is 7.89. The number of nitrogens with one attached hydrogen (secondary N) is 3. The van der Waals surface area contributed by atoms with Crippen LogP contribution in [0.4, 0.5) is 5.69 Å². The molecule has 16 heteroatoms. The molecule has 0 aromatic heterocycles. The van der Waals surface area contributed by atoms with Gasteiger partial charge in [-0.15, -0.1) is 0 Å². The minimum absolute atomic E-state index is 0.00523. The fourth-order valence-electron chi connectivity index (χ4n) is 3.38. The van der Waals surface area contributed by atoms with E-state index in [1.165, 1.54) is 6.92 Å². The molecule has 1 amide bonds. The number of halogens is 1. The van der Waals surface area contributed by atoms with Crippen molar-refractivity contribution >= 4 is 55.0 Å². The number of nitrogens with two attached hydrogens (primary N) is 2. The maximum absolute atomic E-state index is 12.6. The van der Waals surface area contributed by atoms with Crippen LogP contribution in [-0.4, -0.2) is 59.9 Å². The summed E-state index contributed by atoms with van der Waals surface area (Å²) in [7, 11) is -8.44. The van der Waals surface area contributed by atoms with Gasteiger partial charge >= 0.3 is 5.97 Å². The summed E-state index contributed by atoms with van der Waals surface area (Å²) >= 11 is 5.93. The summed E-state index contributed by atoms with van der Waals surface area (Å²) in [5.41, 5.74) is 5.59. The van der Waals surface area contributed by atoms with E-state index in [-0.39, 0.29) is 48.0 Å². The summed E-state index contributed by atoms with van der Waals surface area (Å²) in [5.74, 6) is -2.70. The highest BCUT2D eigenvalue weighted by Gasteiger charge is 2.33.